The Hall–Kier alpha value is -3.07. The maximum absolute atomic E-state index is 15.0. The van der Waals surface area contributed by atoms with E-state index in [4.69, 9.17) is 23.2 Å². The Balaban J connectivity index is 2.47. The van der Waals surface area contributed by atoms with Gasteiger partial charge >= 0.3 is 18.5 Å². The summed E-state index contributed by atoms with van der Waals surface area (Å²) in [6.07, 6.45) is -15.5. The first-order valence-electron chi connectivity index (χ1n) is 11.0. The third kappa shape index (κ3) is 9.21. The average Bonchev–Trinajstić information content (AvgIpc) is 2.85. The average molecular weight is 645 g/mol. The van der Waals surface area contributed by atoms with Gasteiger partial charge in [0.1, 0.15) is 31.0 Å². The molecule has 2 rings (SSSR count). The van der Waals surface area contributed by atoms with Gasteiger partial charge in [0.15, 0.2) is 0 Å². The summed E-state index contributed by atoms with van der Waals surface area (Å²) in [5, 5.41) is 2.30. The van der Waals surface area contributed by atoms with Crippen LogP contribution in [0.5, 0.6) is 0 Å². The van der Waals surface area contributed by atoms with E-state index in [0.717, 1.165) is 6.92 Å². The predicted molar refractivity (Wildman–Crippen MR) is 127 cm³/mol. The van der Waals surface area contributed by atoms with Crippen LogP contribution in [0.3, 0.4) is 0 Å². The van der Waals surface area contributed by atoms with Gasteiger partial charge in [-0.25, -0.2) is 8.78 Å². The van der Waals surface area contributed by atoms with E-state index in [1.54, 1.807) is 5.32 Å². The van der Waals surface area contributed by atoms with Crippen LogP contribution in [-0.2, 0) is 17.6 Å². The van der Waals surface area contributed by atoms with Crippen molar-refractivity contribution >= 4 is 40.8 Å². The molecule has 2 unspecified atom stereocenters. The molecule has 0 bridgehead atoms. The van der Waals surface area contributed by atoms with Crippen molar-refractivity contribution in [1.82, 2.24) is 10.6 Å². The van der Waals surface area contributed by atoms with Gasteiger partial charge in [0.25, 0.3) is 5.91 Å². The molecule has 2 atom stereocenters. The molecule has 0 fully saturated rings. The summed E-state index contributed by atoms with van der Waals surface area (Å²) in [5.41, 5.74) is -5.27. The van der Waals surface area contributed by atoms with Crippen molar-refractivity contribution < 1.29 is 57.9 Å². The summed E-state index contributed by atoms with van der Waals surface area (Å²) >= 11 is 11.5. The Labute approximate surface area is 234 Å². The summed E-state index contributed by atoms with van der Waals surface area (Å²) in [6, 6.07) is 0.589. The van der Waals surface area contributed by atoms with Gasteiger partial charge in [-0.05, 0) is 36.8 Å². The highest BCUT2D eigenvalue weighted by atomic mass is 35.5. The molecule has 0 aliphatic carbocycles. The highest BCUT2D eigenvalue weighted by molar-refractivity contribution is 6.42. The lowest BCUT2D eigenvalue weighted by molar-refractivity contribution is -0.140. The van der Waals surface area contributed by atoms with Crippen LogP contribution in [0.15, 0.2) is 36.4 Å². The fourth-order valence-corrected chi connectivity index (χ4v) is 3.78. The molecule has 0 spiro atoms. The molecule has 0 radical (unpaired) electrons. The molecule has 2 N–H and O–H groups in total. The molecule has 41 heavy (non-hydrogen) atoms. The van der Waals surface area contributed by atoms with Crippen molar-refractivity contribution in [3.63, 3.8) is 0 Å². The van der Waals surface area contributed by atoms with Crippen LogP contribution in [-0.4, -0.2) is 36.8 Å². The van der Waals surface area contributed by atoms with E-state index in [9.17, 15) is 57.9 Å². The SMILES string of the molecule is CC(NC(=O)c1ccc(/C(F)=C/C(c2cc(Cl)c(Cl)c(CF)c2)C(F)(F)F)cc1C(F)(F)F)C(=O)NCC(F)(F)F. The molecule has 226 valence electrons. The van der Waals surface area contributed by atoms with Gasteiger partial charge in [-0.15, -0.1) is 0 Å². The summed E-state index contributed by atoms with van der Waals surface area (Å²) < 4.78 is 147. The summed E-state index contributed by atoms with van der Waals surface area (Å²) in [7, 11) is 0. The molecular formula is C24H17Cl2F11N2O2. The molecule has 0 aliphatic heterocycles. The van der Waals surface area contributed by atoms with E-state index >= 15 is 0 Å². The van der Waals surface area contributed by atoms with Gasteiger partial charge in [0.05, 0.1) is 21.2 Å². The number of rotatable bonds is 8. The zero-order valence-electron chi connectivity index (χ0n) is 20.3. The molecular weight excluding hydrogens is 628 g/mol. The lowest BCUT2D eigenvalue weighted by Crippen LogP contribution is -2.47. The molecule has 4 nitrogen and oxygen atoms in total. The molecule has 17 heteroatoms. The smallest absolute Gasteiger partial charge is 0.345 e. The Bertz CT molecular complexity index is 1320. The van der Waals surface area contributed by atoms with Crippen LogP contribution in [0.4, 0.5) is 48.3 Å². The first kappa shape index (κ1) is 34.1. The number of allylic oxidation sites excluding steroid dienone is 1. The fraction of sp³-hybridized carbons (Fsp3) is 0.333. The molecule has 2 aromatic rings. The van der Waals surface area contributed by atoms with Crippen LogP contribution in [0.25, 0.3) is 5.83 Å². The number of carbonyl (C=O) groups excluding carboxylic acids is 2. The number of carbonyl (C=O) groups is 2. The zero-order chi connectivity index (χ0) is 31.5. The Morgan fingerprint density at radius 3 is 2.10 bits per heavy atom. The maximum atomic E-state index is 15.0. The fourth-order valence-electron chi connectivity index (χ4n) is 3.37. The van der Waals surface area contributed by atoms with Gasteiger partial charge in [0, 0.05) is 11.1 Å². The van der Waals surface area contributed by atoms with Crippen molar-refractivity contribution in [2.24, 2.45) is 0 Å². The van der Waals surface area contributed by atoms with E-state index in [2.05, 4.69) is 0 Å². The van der Waals surface area contributed by atoms with Crippen LogP contribution >= 0.6 is 23.2 Å². The lowest BCUT2D eigenvalue weighted by Gasteiger charge is -2.20. The normalized spacial score (nSPS) is 14.4. The number of nitrogens with one attached hydrogen (secondary N) is 2. The second-order valence-corrected chi connectivity index (χ2v) is 9.21. The third-order valence-corrected chi connectivity index (χ3v) is 6.19. The third-order valence-electron chi connectivity index (χ3n) is 5.34. The standard InChI is InChI=1S/C24H17Cl2F11N2O2/c1-10(20(40)38-9-22(29,30)31)39-21(41)14-3-2-11(5-16(14)24(35,36)37)18(28)7-15(23(32,33)34)12-4-13(8-27)19(26)17(25)6-12/h2-7,10,15H,8-9H2,1H3,(H,38,40)(H,39,41)/b18-7-. The van der Waals surface area contributed by atoms with Gasteiger partial charge in [-0.3, -0.25) is 9.59 Å². The minimum absolute atomic E-state index is 0.0321. The van der Waals surface area contributed by atoms with Gasteiger partial charge in [-0.1, -0.05) is 35.3 Å². The Morgan fingerprint density at radius 2 is 1.59 bits per heavy atom. The van der Waals surface area contributed by atoms with E-state index in [1.165, 1.54) is 5.32 Å². The van der Waals surface area contributed by atoms with E-state index in [1.807, 2.05) is 0 Å². The molecule has 2 aromatic carbocycles. The first-order valence-corrected chi connectivity index (χ1v) is 11.8. The highest BCUT2D eigenvalue weighted by Crippen LogP contribution is 2.42. The maximum Gasteiger partial charge on any atom is 0.417 e. The monoisotopic (exact) mass is 644 g/mol. The number of hydrogen-bond donors (Lipinski definition) is 2. The molecule has 0 saturated heterocycles. The molecule has 0 saturated carbocycles. The van der Waals surface area contributed by atoms with E-state index in [-0.39, 0.29) is 17.2 Å². The van der Waals surface area contributed by atoms with Crippen LogP contribution in [0.2, 0.25) is 10.0 Å². The second kappa shape index (κ2) is 12.8. The van der Waals surface area contributed by atoms with Crippen molar-refractivity contribution in [2.45, 2.75) is 44.1 Å². The van der Waals surface area contributed by atoms with Gasteiger partial charge < -0.3 is 10.6 Å². The number of amides is 2. The van der Waals surface area contributed by atoms with Gasteiger partial charge in [0.2, 0.25) is 5.91 Å². The molecule has 0 aliphatic rings. The number of benzene rings is 2. The van der Waals surface area contributed by atoms with Crippen LogP contribution in [0.1, 0.15) is 45.5 Å². The Morgan fingerprint density at radius 1 is 0.976 bits per heavy atom. The largest absolute Gasteiger partial charge is 0.417 e. The number of hydrogen-bond acceptors (Lipinski definition) is 2. The highest BCUT2D eigenvalue weighted by Gasteiger charge is 2.41. The zero-order valence-corrected chi connectivity index (χ0v) is 21.8. The molecule has 2 amide bonds. The molecule has 0 heterocycles. The summed E-state index contributed by atoms with van der Waals surface area (Å²) in [4.78, 5) is 24.1. The second-order valence-electron chi connectivity index (χ2n) is 8.43. The topological polar surface area (TPSA) is 58.2 Å². The quantitative estimate of drug-likeness (QED) is 0.287. The van der Waals surface area contributed by atoms with Crippen molar-refractivity contribution in [2.75, 3.05) is 6.54 Å². The van der Waals surface area contributed by atoms with Crippen molar-refractivity contribution in [1.29, 1.82) is 0 Å². The minimum atomic E-state index is -5.37. The summed E-state index contributed by atoms with van der Waals surface area (Å²) in [5.74, 6) is -7.59. The van der Waals surface area contributed by atoms with Crippen LogP contribution < -0.4 is 10.6 Å². The Kier molecular flexibility index (Phi) is 10.7. The number of alkyl halides is 10. The first-order chi connectivity index (χ1) is 18.7. The predicted octanol–water partition coefficient (Wildman–Crippen LogP) is 7.94. The molecule has 0 aromatic heterocycles. The lowest BCUT2D eigenvalue weighted by atomic mass is 9.94. The van der Waals surface area contributed by atoms with E-state index in [0.29, 0.717) is 24.3 Å². The van der Waals surface area contributed by atoms with Crippen LogP contribution in [0, 0.1) is 0 Å². The minimum Gasteiger partial charge on any atom is -0.345 e. The summed E-state index contributed by atoms with van der Waals surface area (Å²) in [6.45, 7) is -2.23. The van der Waals surface area contributed by atoms with Crippen molar-refractivity contribution in [3.05, 3.63) is 74.3 Å². The van der Waals surface area contributed by atoms with Crippen molar-refractivity contribution in [3.8, 4) is 0 Å². The van der Waals surface area contributed by atoms with Gasteiger partial charge in [-0.2, -0.15) is 39.5 Å². The number of halogens is 13. The van der Waals surface area contributed by atoms with E-state index < -0.39 is 94.2 Å².